The lowest BCUT2D eigenvalue weighted by atomic mass is 9.91. The lowest BCUT2D eigenvalue weighted by Crippen LogP contribution is -2.42. The Morgan fingerprint density at radius 1 is 1.04 bits per heavy atom. The van der Waals surface area contributed by atoms with Gasteiger partial charge in [0, 0.05) is 24.3 Å². The van der Waals surface area contributed by atoms with Crippen LogP contribution < -0.4 is 4.72 Å². The van der Waals surface area contributed by atoms with E-state index in [0.717, 1.165) is 25.1 Å². The number of sulfonamides is 1. The van der Waals surface area contributed by atoms with Gasteiger partial charge in [0.25, 0.3) is 15.9 Å². The van der Waals surface area contributed by atoms with Crippen LogP contribution in [0.4, 0.5) is 5.69 Å². The van der Waals surface area contributed by atoms with E-state index < -0.39 is 10.0 Å². The molecule has 0 bridgehead atoms. The van der Waals surface area contributed by atoms with Crippen molar-refractivity contribution in [2.75, 3.05) is 17.8 Å². The molecule has 1 amide bonds. The van der Waals surface area contributed by atoms with Gasteiger partial charge in [-0.05, 0) is 55.5 Å². The third kappa shape index (κ3) is 4.69. The number of carbonyl (C=O) groups excluding carboxylic acids is 1. The maximum atomic E-state index is 12.9. The van der Waals surface area contributed by atoms with Crippen LogP contribution in [-0.4, -0.2) is 32.3 Å². The Morgan fingerprint density at radius 2 is 1.67 bits per heavy atom. The number of nitrogens with zero attached hydrogens (tertiary/aromatic N) is 1. The number of piperidine rings is 1. The molecule has 0 aromatic heterocycles. The molecule has 1 aliphatic heterocycles. The monoisotopic (exact) mass is 386 g/mol. The first-order chi connectivity index (χ1) is 12.7. The number of benzene rings is 2. The van der Waals surface area contributed by atoms with E-state index in [-0.39, 0.29) is 10.8 Å². The van der Waals surface area contributed by atoms with Crippen molar-refractivity contribution in [1.82, 2.24) is 4.90 Å². The highest BCUT2D eigenvalue weighted by atomic mass is 32.2. The highest BCUT2D eigenvalue weighted by Gasteiger charge is 2.26. The molecular weight excluding hydrogens is 360 g/mol. The van der Waals surface area contributed by atoms with Crippen LogP contribution in [0.15, 0.2) is 53.4 Å². The van der Waals surface area contributed by atoms with Gasteiger partial charge < -0.3 is 4.90 Å². The summed E-state index contributed by atoms with van der Waals surface area (Å²) in [5, 5.41) is 0. The molecule has 3 rings (SSSR count). The Balaban J connectivity index is 1.79. The summed E-state index contributed by atoms with van der Waals surface area (Å²) in [6.45, 7) is 7.69. The fourth-order valence-electron chi connectivity index (χ4n) is 3.66. The van der Waals surface area contributed by atoms with Gasteiger partial charge in [0.05, 0.1) is 4.90 Å². The third-order valence-corrected chi connectivity index (χ3v) is 6.25. The molecule has 2 aromatic rings. The fraction of sp³-hybridized carbons (Fsp3) is 0.381. The first-order valence-electron chi connectivity index (χ1n) is 9.23. The second kappa shape index (κ2) is 7.72. The van der Waals surface area contributed by atoms with E-state index in [4.69, 9.17) is 0 Å². The molecule has 0 saturated carbocycles. The van der Waals surface area contributed by atoms with E-state index in [2.05, 4.69) is 18.6 Å². The van der Waals surface area contributed by atoms with Crippen LogP contribution in [0, 0.1) is 18.8 Å². The van der Waals surface area contributed by atoms with Crippen LogP contribution >= 0.6 is 0 Å². The predicted molar refractivity (Wildman–Crippen MR) is 107 cm³/mol. The van der Waals surface area contributed by atoms with Crippen LogP contribution in [0.5, 0.6) is 0 Å². The maximum absolute atomic E-state index is 12.9. The molecule has 0 aliphatic carbocycles. The fourth-order valence-corrected chi connectivity index (χ4v) is 4.71. The number of hydrogen-bond donors (Lipinski definition) is 1. The molecule has 1 aliphatic rings. The SMILES string of the molecule is Cc1ccc(S(=O)(=O)Nc2cccc(C(=O)N3CC(C)CC(C)C3)c2)cc1. The van der Waals surface area contributed by atoms with Crippen molar-refractivity contribution in [3.05, 3.63) is 59.7 Å². The smallest absolute Gasteiger partial charge is 0.261 e. The molecular formula is C21H26N2O3S. The molecule has 27 heavy (non-hydrogen) atoms. The molecule has 0 spiro atoms. The summed E-state index contributed by atoms with van der Waals surface area (Å²) in [4.78, 5) is 14.9. The van der Waals surface area contributed by atoms with Crippen LogP contribution in [0.25, 0.3) is 0 Å². The summed E-state index contributed by atoms with van der Waals surface area (Å²) < 4.78 is 27.7. The number of hydrogen-bond acceptors (Lipinski definition) is 3. The van der Waals surface area contributed by atoms with Gasteiger partial charge in [-0.25, -0.2) is 8.42 Å². The summed E-state index contributed by atoms with van der Waals surface area (Å²) in [5.74, 6) is 0.895. The summed E-state index contributed by atoms with van der Waals surface area (Å²) in [5.41, 5.74) is 1.88. The molecule has 144 valence electrons. The summed E-state index contributed by atoms with van der Waals surface area (Å²) >= 11 is 0. The van der Waals surface area contributed by atoms with Gasteiger partial charge in [0.2, 0.25) is 0 Å². The molecule has 2 atom stereocenters. The van der Waals surface area contributed by atoms with E-state index >= 15 is 0 Å². The van der Waals surface area contributed by atoms with Crippen LogP contribution in [-0.2, 0) is 10.0 Å². The molecule has 1 fully saturated rings. The van der Waals surface area contributed by atoms with Crippen LogP contribution in [0.2, 0.25) is 0 Å². The average Bonchev–Trinajstić information content (AvgIpc) is 2.60. The minimum atomic E-state index is -3.69. The lowest BCUT2D eigenvalue weighted by Gasteiger charge is -2.35. The zero-order valence-corrected chi connectivity index (χ0v) is 16.8. The van der Waals surface area contributed by atoms with Crippen LogP contribution in [0.1, 0.15) is 36.2 Å². The van der Waals surface area contributed by atoms with Crippen LogP contribution in [0.3, 0.4) is 0 Å². The quantitative estimate of drug-likeness (QED) is 0.866. The molecule has 6 heteroatoms. The summed E-state index contributed by atoms with van der Waals surface area (Å²) in [6.07, 6.45) is 1.13. The Kier molecular flexibility index (Phi) is 5.56. The molecule has 2 aromatic carbocycles. The van der Waals surface area contributed by atoms with Gasteiger partial charge in [-0.1, -0.05) is 37.6 Å². The number of likely N-dealkylation sites (tertiary alicyclic amines) is 1. The van der Waals surface area contributed by atoms with Crippen molar-refractivity contribution in [1.29, 1.82) is 0 Å². The minimum absolute atomic E-state index is 0.0511. The molecule has 1 saturated heterocycles. The average molecular weight is 387 g/mol. The zero-order chi connectivity index (χ0) is 19.6. The van der Waals surface area contributed by atoms with E-state index in [1.54, 1.807) is 48.5 Å². The normalized spacial score (nSPS) is 20.3. The van der Waals surface area contributed by atoms with Crippen molar-refractivity contribution in [3.8, 4) is 0 Å². The van der Waals surface area contributed by atoms with E-state index in [9.17, 15) is 13.2 Å². The molecule has 2 unspecified atom stereocenters. The van der Waals surface area contributed by atoms with Crippen molar-refractivity contribution >= 4 is 21.6 Å². The number of anilines is 1. The zero-order valence-electron chi connectivity index (χ0n) is 16.0. The van der Waals surface area contributed by atoms with E-state index in [0.29, 0.717) is 23.1 Å². The van der Waals surface area contributed by atoms with Gasteiger partial charge in [0.1, 0.15) is 0 Å². The lowest BCUT2D eigenvalue weighted by molar-refractivity contribution is 0.0623. The molecule has 0 radical (unpaired) electrons. The first-order valence-corrected chi connectivity index (χ1v) is 10.7. The molecule has 5 nitrogen and oxygen atoms in total. The Morgan fingerprint density at radius 3 is 2.30 bits per heavy atom. The summed E-state index contributed by atoms with van der Waals surface area (Å²) in [7, 11) is -3.69. The highest BCUT2D eigenvalue weighted by molar-refractivity contribution is 7.92. The summed E-state index contributed by atoms with van der Waals surface area (Å²) in [6, 6.07) is 13.4. The minimum Gasteiger partial charge on any atom is -0.338 e. The number of amides is 1. The van der Waals surface area contributed by atoms with Gasteiger partial charge in [-0.15, -0.1) is 0 Å². The predicted octanol–water partition coefficient (Wildman–Crippen LogP) is 3.91. The number of carbonyl (C=O) groups is 1. The van der Waals surface area contributed by atoms with E-state index in [1.165, 1.54) is 0 Å². The largest absolute Gasteiger partial charge is 0.338 e. The van der Waals surface area contributed by atoms with Gasteiger partial charge >= 0.3 is 0 Å². The standard InChI is InChI=1S/C21H26N2O3S/c1-15-7-9-20(10-8-15)27(25,26)22-19-6-4-5-18(12-19)21(24)23-13-16(2)11-17(3)14-23/h4-10,12,16-17,22H,11,13-14H2,1-3H3. The Labute approximate surface area is 161 Å². The van der Waals surface area contributed by atoms with Gasteiger partial charge in [0.15, 0.2) is 0 Å². The molecule has 1 heterocycles. The maximum Gasteiger partial charge on any atom is 0.261 e. The van der Waals surface area contributed by atoms with E-state index in [1.807, 2.05) is 11.8 Å². The number of aryl methyl sites for hydroxylation is 1. The third-order valence-electron chi connectivity index (χ3n) is 4.85. The number of nitrogens with one attached hydrogen (secondary N) is 1. The molecule has 1 N–H and O–H groups in total. The van der Waals surface area contributed by atoms with Crippen molar-refractivity contribution < 1.29 is 13.2 Å². The first kappa shape index (κ1) is 19.4. The second-order valence-electron chi connectivity index (χ2n) is 7.66. The Bertz CT molecular complexity index is 913. The van der Waals surface area contributed by atoms with Crippen molar-refractivity contribution in [3.63, 3.8) is 0 Å². The Hall–Kier alpha value is -2.34. The topological polar surface area (TPSA) is 66.5 Å². The number of rotatable bonds is 4. The van der Waals surface area contributed by atoms with Crippen molar-refractivity contribution in [2.45, 2.75) is 32.1 Å². The van der Waals surface area contributed by atoms with Gasteiger partial charge in [-0.3, -0.25) is 9.52 Å². The second-order valence-corrected chi connectivity index (χ2v) is 9.34. The highest BCUT2D eigenvalue weighted by Crippen LogP contribution is 2.24. The van der Waals surface area contributed by atoms with Crippen molar-refractivity contribution in [2.24, 2.45) is 11.8 Å². The van der Waals surface area contributed by atoms with Gasteiger partial charge in [-0.2, -0.15) is 0 Å².